The van der Waals surface area contributed by atoms with Crippen LogP contribution in [0.5, 0.6) is 0 Å². The van der Waals surface area contributed by atoms with Crippen LogP contribution in [0.1, 0.15) is 36.9 Å². The molecule has 1 fully saturated rings. The van der Waals surface area contributed by atoms with Gasteiger partial charge in [-0.1, -0.05) is 12.8 Å². The molecule has 2 aromatic heterocycles. The van der Waals surface area contributed by atoms with Crippen molar-refractivity contribution in [3.05, 3.63) is 23.5 Å². The highest BCUT2D eigenvalue weighted by Gasteiger charge is 2.22. The first-order chi connectivity index (χ1) is 10.1. The lowest BCUT2D eigenvalue weighted by atomic mass is 9.86. The Labute approximate surface area is 125 Å². The van der Waals surface area contributed by atoms with Gasteiger partial charge in [-0.2, -0.15) is 5.10 Å². The average Bonchev–Trinajstić information content (AvgIpc) is 2.76. The Morgan fingerprint density at radius 2 is 2.19 bits per heavy atom. The number of rotatable bonds is 4. The molecule has 114 valence electrons. The molecule has 0 saturated heterocycles. The second-order valence-corrected chi connectivity index (χ2v) is 6.17. The molecule has 2 unspecified atom stereocenters. The van der Waals surface area contributed by atoms with Gasteiger partial charge in [0.1, 0.15) is 0 Å². The first kappa shape index (κ1) is 14.5. The topological polar surface area (TPSA) is 63.0 Å². The monoisotopic (exact) mass is 288 g/mol. The van der Waals surface area contributed by atoms with Gasteiger partial charge in [0, 0.05) is 31.7 Å². The van der Waals surface area contributed by atoms with Crippen LogP contribution in [-0.4, -0.2) is 32.5 Å². The predicted molar refractivity (Wildman–Crippen MR) is 82.9 cm³/mol. The maximum absolute atomic E-state index is 9.98. The van der Waals surface area contributed by atoms with Crippen LogP contribution < -0.4 is 5.32 Å². The number of aryl methyl sites for hydroxylation is 2. The summed E-state index contributed by atoms with van der Waals surface area (Å²) in [6.45, 7) is 3.69. The number of hydrogen-bond acceptors (Lipinski definition) is 4. The van der Waals surface area contributed by atoms with Crippen LogP contribution in [0, 0.1) is 12.8 Å². The van der Waals surface area contributed by atoms with E-state index in [1.54, 1.807) is 0 Å². The second-order valence-electron chi connectivity index (χ2n) is 6.17. The maximum atomic E-state index is 9.98. The molecule has 0 spiro atoms. The summed E-state index contributed by atoms with van der Waals surface area (Å²) < 4.78 is 1.82. The Hall–Kier alpha value is -1.46. The molecule has 0 aliphatic heterocycles. The molecule has 5 nitrogen and oxygen atoms in total. The fourth-order valence-corrected chi connectivity index (χ4v) is 3.28. The Bertz CT molecular complexity index is 622. The lowest BCUT2D eigenvalue weighted by Gasteiger charge is -2.27. The molecular formula is C16H24N4O. The average molecular weight is 288 g/mol. The van der Waals surface area contributed by atoms with Gasteiger partial charge in [-0.3, -0.25) is 4.68 Å². The first-order valence-corrected chi connectivity index (χ1v) is 7.82. The van der Waals surface area contributed by atoms with Crippen LogP contribution in [0.3, 0.4) is 0 Å². The van der Waals surface area contributed by atoms with Crippen LogP contribution in [0.4, 0.5) is 0 Å². The molecular weight excluding hydrogens is 264 g/mol. The Kier molecular flexibility index (Phi) is 4.22. The van der Waals surface area contributed by atoms with E-state index in [-0.39, 0.29) is 6.10 Å². The van der Waals surface area contributed by atoms with E-state index < -0.39 is 0 Å². The summed E-state index contributed by atoms with van der Waals surface area (Å²) in [5.41, 5.74) is 3.12. The summed E-state index contributed by atoms with van der Waals surface area (Å²) in [6.07, 6.45) is 6.27. The minimum absolute atomic E-state index is 0.132. The van der Waals surface area contributed by atoms with E-state index in [0.717, 1.165) is 42.7 Å². The molecule has 2 heterocycles. The van der Waals surface area contributed by atoms with Gasteiger partial charge < -0.3 is 10.4 Å². The fraction of sp³-hybridized carbons (Fsp3) is 0.625. The molecule has 21 heavy (non-hydrogen) atoms. The Morgan fingerprint density at radius 1 is 1.38 bits per heavy atom. The Balaban J connectivity index is 1.61. The van der Waals surface area contributed by atoms with E-state index in [2.05, 4.69) is 21.5 Å². The molecule has 1 saturated carbocycles. The fourth-order valence-electron chi connectivity index (χ4n) is 3.28. The largest absolute Gasteiger partial charge is 0.393 e. The molecule has 2 atom stereocenters. The van der Waals surface area contributed by atoms with Gasteiger partial charge in [0.25, 0.3) is 0 Å². The number of fused-ring (bicyclic) bond motifs is 1. The van der Waals surface area contributed by atoms with Gasteiger partial charge in [-0.25, -0.2) is 4.98 Å². The maximum Gasteiger partial charge on any atom is 0.157 e. The molecule has 0 radical (unpaired) electrons. The molecule has 1 aliphatic rings. The molecule has 0 amide bonds. The minimum atomic E-state index is -0.132. The predicted octanol–water partition coefficient (Wildman–Crippen LogP) is 1.92. The van der Waals surface area contributed by atoms with Gasteiger partial charge in [0.15, 0.2) is 5.65 Å². The SMILES string of the molecule is Cc1nn(C)c2ncc(CNCC3CCCCC3O)cc12. The molecule has 0 bridgehead atoms. The number of hydrogen-bond donors (Lipinski definition) is 2. The van der Waals surface area contributed by atoms with Crippen molar-refractivity contribution in [3.63, 3.8) is 0 Å². The molecule has 3 rings (SSSR count). The zero-order chi connectivity index (χ0) is 14.8. The van der Waals surface area contributed by atoms with E-state index in [4.69, 9.17) is 0 Å². The third kappa shape index (κ3) is 3.09. The van der Waals surface area contributed by atoms with Gasteiger partial charge in [0.2, 0.25) is 0 Å². The summed E-state index contributed by atoms with van der Waals surface area (Å²) in [7, 11) is 1.92. The third-order valence-electron chi connectivity index (χ3n) is 4.52. The molecule has 0 aromatic carbocycles. The summed E-state index contributed by atoms with van der Waals surface area (Å²) in [6, 6.07) is 2.16. The number of aliphatic hydroxyl groups excluding tert-OH is 1. The van der Waals surface area contributed by atoms with Crippen molar-refractivity contribution in [2.45, 2.75) is 45.3 Å². The van der Waals surface area contributed by atoms with Crippen LogP contribution in [0.25, 0.3) is 11.0 Å². The van der Waals surface area contributed by atoms with Gasteiger partial charge >= 0.3 is 0 Å². The quantitative estimate of drug-likeness (QED) is 0.902. The lowest BCUT2D eigenvalue weighted by Crippen LogP contribution is -2.33. The van der Waals surface area contributed by atoms with Crippen LogP contribution >= 0.6 is 0 Å². The van der Waals surface area contributed by atoms with Gasteiger partial charge in [0.05, 0.1) is 11.8 Å². The van der Waals surface area contributed by atoms with E-state index in [9.17, 15) is 5.11 Å². The van der Waals surface area contributed by atoms with E-state index in [1.165, 1.54) is 18.4 Å². The molecule has 2 aromatic rings. The summed E-state index contributed by atoms with van der Waals surface area (Å²) in [5.74, 6) is 0.399. The summed E-state index contributed by atoms with van der Waals surface area (Å²) >= 11 is 0. The zero-order valence-electron chi connectivity index (χ0n) is 12.8. The number of nitrogens with zero attached hydrogens (tertiary/aromatic N) is 3. The third-order valence-corrected chi connectivity index (χ3v) is 4.52. The highest BCUT2D eigenvalue weighted by Crippen LogP contribution is 2.23. The summed E-state index contributed by atoms with van der Waals surface area (Å²) in [5, 5.41) is 19.0. The Morgan fingerprint density at radius 3 is 3.00 bits per heavy atom. The van der Waals surface area contributed by atoms with Crippen molar-refractivity contribution in [3.8, 4) is 0 Å². The summed E-state index contributed by atoms with van der Waals surface area (Å²) in [4.78, 5) is 4.49. The van der Waals surface area contributed by atoms with E-state index in [0.29, 0.717) is 5.92 Å². The van der Waals surface area contributed by atoms with Crippen molar-refractivity contribution >= 4 is 11.0 Å². The van der Waals surface area contributed by atoms with Crippen LogP contribution in [0.15, 0.2) is 12.3 Å². The number of aliphatic hydroxyl groups is 1. The van der Waals surface area contributed by atoms with Crippen LogP contribution in [-0.2, 0) is 13.6 Å². The lowest BCUT2D eigenvalue weighted by molar-refractivity contribution is 0.0695. The van der Waals surface area contributed by atoms with Crippen LogP contribution in [0.2, 0.25) is 0 Å². The number of pyridine rings is 1. The highest BCUT2D eigenvalue weighted by molar-refractivity contribution is 5.78. The molecule has 5 heteroatoms. The van der Waals surface area contributed by atoms with Crippen molar-refractivity contribution in [2.24, 2.45) is 13.0 Å². The first-order valence-electron chi connectivity index (χ1n) is 7.82. The van der Waals surface area contributed by atoms with Gasteiger partial charge in [-0.05, 0) is 37.3 Å². The number of aromatic nitrogens is 3. The van der Waals surface area contributed by atoms with E-state index in [1.807, 2.05) is 24.9 Å². The van der Waals surface area contributed by atoms with Crippen molar-refractivity contribution < 1.29 is 5.11 Å². The second kappa shape index (κ2) is 6.12. The van der Waals surface area contributed by atoms with E-state index >= 15 is 0 Å². The minimum Gasteiger partial charge on any atom is -0.393 e. The van der Waals surface area contributed by atoms with Crippen molar-refractivity contribution in [2.75, 3.05) is 6.54 Å². The molecule has 2 N–H and O–H groups in total. The smallest absolute Gasteiger partial charge is 0.157 e. The van der Waals surface area contributed by atoms with Crippen molar-refractivity contribution in [1.82, 2.24) is 20.1 Å². The standard InChI is InChI=1S/C16H24N4O/c1-11-14-7-12(9-18-16(14)20(2)19-11)8-17-10-13-5-3-4-6-15(13)21/h7,9,13,15,17,21H,3-6,8,10H2,1-2H3. The number of nitrogens with one attached hydrogen (secondary N) is 1. The normalized spacial score (nSPS) is 22.8. The zero-order valence-corrected chi connectivity index (χ0v) is 12.8. The van der Waals surface area contributed by atoms with Crippen molar-refractivity contribution in [1.29, 1.82) is 0 Å². The molecule has 1 aliphatic carbocycles. The highest BCUT2D eigenvalue weighted by atomic mass is 16.3. The van der Waals surface area contributed by atoms with Gasteiger partial charge in [-0.15, -0.1) is 0 Å².